The summed E-state index contributed by atoms with van der Waals surface area (Å²) in [5, 5.41) is 4.92. The average Bonchev–Trinajstić information content (AvgIpc) is 3.15. The second-order valence-corrected chi connectivity index (χ2v) is 9.55. The number of hydrogen-bond acceptors (Lipinski definition) is 6. The fourth-order valence-corrected chi connectivity index (χ4v) is 4.07. The van der Waals surface area contributed by atoms with Crippen molar-refractivity contribution in [3.8, 4) is 0 Å². The molecule has 0 radical (unpaired) electrons. The predicted octanol–water partition coefficient (Wildman–Crippen LogP) is 1.05. The van der Waals surface area contributed by atoms with Gasteiger partial charge in [0.15, 0.2) is 0 Å². The molecule has 3 N–H and O–H groups in total. The maximum absolute atomic E-state index is 12.8. The molecule has 1 aromatic carbocycles. The first-order chi connectivity index (χ1) is 13.9. The number of sulfonamides is 1. The summed E-state index contributed by atoms with van der Waals surface area (Å²) in [7, 11) is -2.66. The van der Waals surface area contributed by atoms with Crippen molar-refractivity contribution in [2.24, 2.45) is 0 Å². The highest BCUT2D eigenvalue weighted by Crippen LogP contribution is 2.25. The number of benzene rings is 1. The van der Waals surface area contributed by atoms with E-state index in [-0.39, 0.29) is 10.6 Å². The minimum absolute atomic E-state index is 0.0583. The van der Waals surface area contributed by atoms with Crippen LogP contribution in [0.15, 0.2) is 29.2 Å². The average molecular weight is 441 g/mol. The van der Waals surface area contributed by atoms with Gasteiger partial charge in [-0.25, -0.2) is 17.9 Å². The largest absolute Gasteiger partial charge is 0.444 e. The fourth-order valence-electron chi connectivity index (χ4n) is 2.93. The van der Waals surface area contributed by atoms with Gasteiger partial charge in [-0.15, -0.1) is 0 Å². The van der Waals surface area contributed by atoms with Gasteiger partial charge in [-0.05, 0) is 45.7 Å². The zero-order chi connectivity index (χ0) is 22.5. The zero-order valence-electron chi connectivity index (χ0n) is 17.5. The third kappa shape index (κ3) is 6.17. The van der Waals surface area contributed by atoms with Crippen LogP contribution in [0.25, 0.3) is 0 Å². The van der Waals surface area contributed by atoms with Gasteiger partial charge in [0.25, 0.3) is 0 Å². The fraction of sp³-hybridized carbons (Fsp3) is 0.526. The van der Waals surface area contributed by atoms with Crippen LogP contribution < -0.4 is 15.4 Å². The number of amides is 3. The number of hydrogen-bond donors (Lipinski definition) is 3. The number of rotatable bonds is 6. The van der Waals surface area contributed by atoms with Gasteiger partial charge >= 0.3 is 6.09 Å². The lowest BCUT2D eigenvalue weighted by Gasteiger charge is -2.28. The Bertz CT molecular complexity index is 910. The highest BCUT2D eigenvalue weighted by Gasteiger charge is 2.37. The van der Waals surface area contributed by atoms with E-state index in [9.17, 15) is 22.8 Å². The predicted molar refractivity (Wildman–Crippen MR) is 110 cm³/mol. The lowest BCUT2D eigenvalue weighted by molar-refractivity contribution is -0.120. The van der Waals surface area contributed by atoms with Gasteiger partial charge in [-0.1, -0.05) is 12.1 Å². The molecule has 3 amide bonds. The Balaban J connectivity index is 2.17. The molecule has 0 aliphatic carbocycles. The van der Waals surface area contributed by atoms with Crippen LogP contribution in [-0.4, -0.2) is 63.0 Å². The van der Waals surface area contributed by atoms with Crippen LogP contribution in [0.1, 0.15) is 33.6 Å². The topological polar surface area (TPSA) is 134 Å². The van der Waals surface area contributed by atoms with E-state index < -0.39 is 46.1 Å². The lowest BCUT2D eigenvalue weighted by atomic mass is 10.2. The van der Waals surface area contributed by atoms with Gasteiger partial charge in [0.1, 0.15) is 16.5 Å². The van der Waals surface area contributed by atoms with Gasteiger partial charge in [0.05, 0.1) is 12.2 Å². The van der Waals surface area contributed by atoms with Crippen LogP contribution in [-0.2, 0) is 24.3 Å². The number of likely N-dealkylation sites (N-methyl/N-ethyl adjacent to an activating group) is 1. The molecule has 2 rings (SSSR count). The number of nitrogens with zero attached hydrogens (tertiary/aromatic N) is 1. The van der Waals surface area contributed by atoms with Crippen molar-refractivity contribution in [2.45, 2.75) is 50.2 Å². The first kappa shape index (κ1) is 23.6. The molecule has 1 heterocycles. The van der Waals surface area contributed by atoms with E-state index in [0.717, 1.165) is 0 Å². The first-order valence-corrected chi connectivity index (χ1v) is 11.0. The minimum Gasteiger partial charge on any atom is -0.444 e. The highest BCUT2D eigenvalue weighted by molar-refractivity contribution is 7.89. The van der Waals surface area contributed by atoms with Gasteiger partial charge in [-0.2, -0.15) is 0 Å². The second-order valence-electron chi connectivity index (χ2n) is 7.81. The Hall–Kier alpha value is -2.66. The molecule has 1 saturated heterocycles. The maximum Gasteiger partial charge on any atom is 0.410 e. The number of anilines is 1. The molecule has 0 saturated carbocycles. The Kier molecular flexibility index (Phi) is 7.43. The molecule has 30 heavy (non-hydrogen) atoms. The number of ether oxygens (including phenoxy) is 1. The molecule has 1 aromatic rings. The number of nitrogens with one attached hydrogen (secondary N) is 3. The van der Waals surface area contributed by atoms with E-state index in [4.69, 9.17) is 4.74 Å². The van der Waals surface area contributed by atoms with Gasteiger partial charge in [-0.3, -0.25) is 14.5 Å². The van der Waals surface area contributed by atoms with Crippen molar-refractivity contribution < 1.29 is 27.5 Å². The van der Waals surface area contributed by atoms with E-state index in [1.807, 2.05) is 0 Å². The molecule has 1 fully saturated rings. The smallest absolute Gasteiger partial charge is 0.410 e. The molecule has 1 atom stereocenters. The van der Waals surface area contributed by atoms with Gasteiger partial charge in [0, 0.05) is 13.6 Å². The van der Waals surface area contributed by atoms with E-state index in [1.54, 1.807) is 26.8 Å². The van der Waals surface area contributed by atoms with Crippen molar-refractivity contribution in [2.75, 3.05) is 25.5 Å². The SMILES string of the molecule is CNC(=O)CNS(=O)(=O)c1ccccc1NC(=O)[C@@H]1CCCN1C(=O)OC(C)(C)C. The first-order valence-electron chi connectivity index (χ1n) is 9.54. The summed E-state index contributed by atoms with van der Waals surface area (Å²) in [5.74, 6) is -1.01. The Morgan fingerprint density at radius 3 is 2.50 bits per heavy atom. The van der Waals surface area contributed by atoms with Gasteiger partial charge < -0.3 is 15.4 Å². The third-order valence-electron chi connectivity index (χ3n) is 4.32. The normalized spacial score (nSPS) is 16.8. The van der Waals surface area contributed by atoms with Crippen molar-refractivity contribution in [3.63, 3.8) is 0 Å². The number of carbonyl (C=O) groups excluding carboxylic acids is 3. The quantitative estimate of drug-likeness (QED) is 0.605. The number of para-hydroxylation sites is 1. The van der Waals surface area contributed by atoms with Crippen LogP contribution in [0.3, 0.4) is 0 Å². The molecule has 1 aliphatic rings. The summed E-state index contributed by atoms with van der Waals surface area (Å²) < 4.78 is 32.7. The van der Waals surface area contributed by atoms with Crippen LogP contribution in [0.5, 0.6) is 0 Å². The molecule has 11 heteroatoms. The number of carbonyl (C=O) groups is 3. The summed E-state index contributed by atoms with van der Waals surface area (Å²) in [6, 6.07) is 5.08. The molecule has 0 spiro atoms. The van der Waals surface area contributed by atoms with Crippen LogP contribution in [0.2, 0.25) is 0 Å². The van der Waals surface area contributed by atoms with Crippen LogP contribution in [0.4, 0.5) is 10.5 Å². The summed E-state index contributed by atoms with van der Waals surface area (Å²) in [5.41, 5.74) is -0.638. The van der Waals surface area contributed by atoms with E-state index in [0.29, 0.717) is 19.4 Å². The summed E-state index contributed by atoms with van der Waals surface area (Å²) in [6.07, 6.45) is 0.480. The molecule has 10 nitrogen and oxygen atoms in total. The third-order valence-corrected chi connectivity index (χ3v) is 5.78. The molecule has 0 aromatic heterocycles. The van der Waals surface area contributed by atoms with Crippen molar-refractivity contribution in [3.05, 3.63) is 24.3 Å². The Morgan fingerprint density at radius 1 is 1.20 bits per heavy atom. The summed E-state index contributed by atoms with van der Waals surface area (Å²) in [6.45, 7) is 5.16. The van der Waals surface area contributed by atoms with Crippen molar-refractivity contribution in [1.29, 1.82) is 0 Å². The molecule has 0 bridgehead atoms. The summed E-state index contributed by atoms with van der Waals surface area (Å²) in [4.78, 5) is 37.8. The number of likely N-dealkylation sites (tertiary alicyclic amines) is 1. The molecule has 1 aliphatic heterocycles. The Labute approximate surface area is 176 Å². The van der Waals surface area contributed by atoms with Crippen molar-refractivity contribution >= 4 is 33.6 Å². The molecular formula is C19H28N4O6S. The second kappa shape index (κ2) is 9.43. The van der Waals surface area contributed by atoms with Crippen LogP contribution in [0, 0.1) is 0 Å². The van der Waals surface area contributed by atoms with Crippen molar-refractivity contribution in [1.82, 2.24) is 14.9 Å². The molecule has 0 unspecified atom stereocenters. The lowest BCUT2D eigenvalue weighted by Crippen LogP contribution is -2.45. The van der Waals surface area contributed by atoms with E-state index >= 15 is 0 Å². The Morgan fingerprint density at radius 2 is 1.87 bits per heavy atom. The molecule has 166 valence electrons. The van der Waals surface area contributed by atoms with Crippen LogP contribution >= 0.6 is 0 Å². The molecular weight excluding hydrogens is 412 g/mol. The summed E-state index contributed by atoms with van der Waals surface area (Å²) >= 11 is 0. The standard InChI is InChI=1S/C19H28N4O6S/c1-19(2,3)29-18(26)23-11-7-9-14(23)17(25)22-13-8-5-6-10-15(13)30(27,28)21-12-16(24)20-4/h5-6,8,10,14,21H,7,9,11-12H2,1-4H3,(H,20,24)(H,22,25)/t14-/m0/s1. The minimum atomic E-state index is -4.05. The zero-order valence-corrected chi connectivity index (χ0v) is 18.3. The highest BCUT2D eigenvalue weighted by atomic mass is 32.2. The monoisotopic (exact) mass is 440 g/mol. The maximum atomic E-state index is 12.8. The van der Waals surface area contributed by atoms with Gasteiger partial charge in [0.2, 0.25) is 21.8 Å². The van der Waals surface area contributed by atoms with E-state index in [2.05, 4.69) is 15.4 Å². The van der Waals surface area contributed by atoms with E-state index in [1.165, 1.54) is 30.1 Å².